The van der Waals surface area contributed by atoms with Gasteiger partial charge in [0.15, 0.2) is 0 Å². The summed E-state index contributed by atoms with van der Waals surface area (Å²) in [6, 6.07) is 0.166. The lowest BCUT2D eigenvalue weighted by Gasteiger charge is -2.35. The zero-order valence-electron chi connectivity index (χ0n) is 10.8. The Hall–Kier alpha value is -1.06. The number of rotatable bonds is 2. The molecule has 0 radical (unpaired) electrons. The maximum absolute atomic E-state index is 12.3. The van der Waals surface area contributed by atoms with Gasteiger partial charge in [-0.05, 0) is 26.7 Å². The molecule has 2 amide bonds. The van der Waals surface area contributed by atoms with Crippen molar-refractivity contribution in [2.75, 3.05) is 6.54 Å². The standard InChI is InChI=1S/C12H22N2O2/c1-8(2)9(3)14-7-6-10(15)13-12(4,5)11(14)16/h8-9H,6-7H2,1-5H3,(H,13,15). The van der Waals surface area contributed by atoms with Gasteiger partial charge in [-0.2, -0.15) is 0 Å². The van der Waals surface area contributed by atoms with Crippen LogP contribution < -0.4 is 5.32 Å². The van der Waals surface area contributed by atoms with Gasteiger partial charge in [0, 0.05) is 19.0 Å². The van der Waals surface area contributed by atoms with E-state index in [1.54, 1.807) is 13.8 Å². The number of carbonyl (C=O) groups is 2. The van der Waals surface area contributed by atoms with Crippen molar-refractivity contribution in [3.8, 4) is 0 Å². The first-order valence-corrected chi connectivity index (χ1v) is 5.88. The lowest BCUT2D eigenvalue weighted by atomic mass is 9.99. The van der Waals surface area contributed by atoms with Crippen molar-refractivity contribution in [2.24, 2.45) is 5.92 Å². The second kappa shape index (κ2) is 4.44. The van der Waals surface area contributed by atoms with E-state index in [1.807, 2.05) is 11.8 Å². The molecular formula is C12H22N2O2. The highest BCUT2D eigenvalue weighted by Gasteiger charge is 2.38. The Balaban J connectivity index is 2.93. The molecule has 1 fully saturated rings. The van der Waals surface area contributed by atoms with E-state index in [0.29, 0.717) is 18.9 Å². The third-order valence-corrected chi connectivity index (χ3v) is 3.28. The highest BCUT2D eigenvalue weighted by molar-refractivity contribution is 5.93. The summed E-state index contributed by atoms with van der Waals surface area (Å²) in [7, 11) is 0. The van der Waals surface area contributed by atoms with Gasteiger partial charge in [-0.3, -0.25) is 9.59 Å². The van der Waals surface area contributed by atoms with E-state index in [9.17, 15) is 9.59 Å². The minimum atomic E-state index is -0.781. The van der Waals surface area contributed by atoms with E-state index in [0.717, 1.165) is 0 Å². The molecule has 0 aromatic rings. The monoisotopic (exact) mass is 226 g/mol. The summed E-state index contributed by atoms with van der Waals surface area (Å²) >= 11 is 0. The number of hydrogen-bond acceptors (Lipinski definition) is 2. The first-order valence-electron chi connectivity index (χ1n) is 5.88. The van der Waals surface area contributed by atoms with Crippen molar-refractivity contribution in [3.63, 3.8) is 0 Å². The summed E-state index contributed by atoms with van der Waals surface area (Å²) in [5, 5.41) is 2.76. The molecule has 1 aliphatic heterocycles. The van der Waals surface area contributed by atoms with E-state index in [-0.39, 0.29) is 17.9 Å². The molecule has 1 atom stereocenters. The van der Waals surface area contributed by atoms with E-state index in [2.05, 4.69) is 19.2 Å². The van der Waals surface area contributed by atoms with Crippen molar-refractivity contribution >= 4 is 11.8 Å². The lowest BCUT2D eigenvalue weighted by Crippen LogP contribution is -2.55. The maximum atomic E-state index is 12.3. The van der Waals surface area contributed by atoms with Gasteiger partial charge in [0.1, 0.15) is 5.54 Å². The first-order chi connectivity index (χ1) is 7.25. The van der Waals surface area contributed by atoms with Gasteiger partial charge in [-0.1, -0.05) is 13.8 Å². The molecule has 4 nitrogen and oxygen atoms in total. The van der Waals surface area contributed by atoms with Crippen LogP contribution in [0.5, 0.6) is 0 Å². The van der Waals surface area contributed by atoms with Crippen LogP contribution >= 0.6 is 0 Å². The second-order valence-electron chi connectivity index (χ2n) is 5.41. The van der Waals surface area contributed by atoms with Crippen molar-refractivity contribution < 1.29 is 9.59 Å². The Kier molecular flexibility index (Phi) is 3.61. The van der Waals surface area contributed by atoms with Crippen LogP contribution in [0.25, 0.3) is 0 Å². The number of carbonyl (C=O) groups excluding carboxylic acids is 2. The maximum Gasteiger partial charge on any atom is 0.248 e. The number of nitrogens with one attached hydrogen (secondary N) is 1. The fraction of sp³-hybridized carbons (Fsp3) is 0.833. The topological polar surface area (TPSA) is 49.4 Å². The van der Waals surface area contributed by atoms with Crippen molar-refractivity contribution in [1.82, 2.24) is 10.2 Å². The molecule has 1 heterocycles. The highest BCUT2D eigenvalue weighted by atomic mass is 16.2. The molecule has 0 spiro atoms. The Morgan fingerprint density at radius 1 is 1.25 bits per heavy atom. The smallest absolute Gasteiger partial charge is 0.248 e. The van der Waals surface area contributed by atoms with Crippen molar-refractivity contribution in [2.45, 2.75) is 52.6 Å². The van der Waals surface area contributed by atoms with Crippen LogP contribution in [0.3, 0.4) is 0 Å². The predicted molar refractivity (Wildman–Crippen MR) is 62.9 cm³/mol. The number of amides is 2. The molecule has 1 aliphatic rings. The molecule has 1 rings (SSSR count). The summed E-state index contributed by atoms with van der Waals surface area (Å²) < 4.78 is 0. The zero-order chi connectivity index (χ0) is 12.5. The molecule has 1 unspecified atom stereocenters. The average Bonchev–Trinajstić information content (AvgIpc) is 2.24. The largest absolute Gasteiger partial charge is 0.342 e. The molecule has 0 saturated carbocycles. The second-order valence-corrected chi connectivity index (χ2v) is 5.41. The van der Waals surface area contributed by atoms with Gasteiger partial charge in [0.05, 0.1) is 0 Å². The summed E-state index contributed by atoms with van der Waals surface area (Å²) in [6.07, 6.45) is 0.395. The van der Waals surface area contributed by atoms with Crippen LogP contribution in [0, 0.1) is 5.92 Å². The Morgan fingerprint density at radius 2 is 1.81 bits per heavy atom. The van der Waals surface area contributed by atoms with Crippen LogP contribution in [-0.2, 0) is 9.59 Å². The van der Waals surface area contributed by atoms with Gasteiger partial charge < -0.3 is 10.2 Å². The minimum absolute atomic E-state index is 0.0135. The third kappa shape index (κ3) is 2.54. The molecule has 92 valence electrons. The van der Waals surface area contributed by atoms with Crippen LogP contribution in [-0.4, -0.2) is 34.8 Å². The molecule has 0 aromatic heterocycles. The zero-order valence-corrected chi connectivity index (χ0v) is 10.8. The summed E-state index contributed by atoms with van der Waals surface area (Å²) in [6.45, 7) is 10.3. The van der Waals surface area contributed by atoms with E-state index in [1.165, 1.54) is 0 Å². The first kappa shape index (κ1) is 13.0. The van der Waals surface area contributed by atoms with Gasteiger partial charge in [-0.25, -0.2) is 0 Å². The molecule has 4 heteroatoms. The van der Waals surface area contributed by atoms with Crippen molar-refractivity contribution in [3.05, 3.63) is 0 Å². The predicted octanol–water partition coefficient (Wildman–Crippen LogP) is 1.16. The highest BCUT2D eigenvalue weighted by Crippen LogP contribution is 2.19. The average molecular weight is 226 g/mol. The number of hydrogen-bond donors (Lipinski definition) is 1. The van der Waals surface area contributed by atoms with Crippen molar-refractivity contribution in [1.29, 1.82) is 0 Å². The normalized spacial score (nSPS) is 23.0. The Morgan fingerprint density at radius 3 is 2.31 bits per heavy atom. The number of nitrogens with zero attached hydrogens (tertiary/aromatic N) is 1. The fourth-order valence-corrected chi connectivity index (χ4v) is 1.90. The lowest BCUT2D eigenvalue weighted by molar-refractivity contribution is -0.139. The summed E-state index contributed by atoms with van der Waals surface area (Å²) in [5.41, 5.74) is -0.781. The third-order valence-electron chi connectivity index (χ3n) is 3.28. The minimum Gasteiger partial charge on any atom is -0.342 e. The molecule has 0 aliphatic carbocycles. The van der Waals surface area contributed by atoms with Crippen LogP contribution in [0.15, 0.2) is 0 Å². The molecule has 0 bridgehead atoms. The van der Waals surface area contributed by atoms with Crippen LogP contribution in [0.2, 0.25) is 0 Å². The van der Waals surface area contributed by atoms with E-state index < -0.39 is 5.54 Å². The van der Waals surface area contributed by atoms with Crippen LogP contribution in [0.1, 0.15) is 41.0 Å². The van der Waals surface area contributed by atoms with E-state index in [4.69, 9.17) is 0 Å². The molecule has 1 saturated heterocycles. The van der Waals surface area contributed by atoms with Gasteiger partial charge in [0.2, 0.25) is 11.8 Å². The fourth-order valence-electron chi connectivity index (χ4n) is 1.90. The van der Waals surface area contributed by atoms with Gasteiger partial charge >= 0.3 is 0 Å². The van der Waals surface area contributed by atoms with Gasteiger partial charge in [-0.15, -0.1) is 0 Å². The van der Waals surface area contributed by atoms with E-state index >= 15 is 0 Å². The van der Waals surface area contributed by atoms with Gasteiger partial charge in [0.25, 0.3) is 0 Å². The molecule has 16 heavy (non-hydrogen) atoms. The molecular weight excluding hydrogens is 204 g/mol. The summed E-state index contributed by atoms with van der Waals surface area (Å²) in [5.74, 6) is 0.365. The quantitative estimate of drug-likeness (QED) is 0.768. The SMILES string of the molecule is CC(C)C(C)N1CCC(=O)NC(C)(C)C1=O. The molecule has 1 N–H and O–H groups in total. The Labute approximate surface area is 97.4 Å². The summed E-state index contributed by atoms with van der Waals surface area (Å²) in [4.78, 5) is 25.6. The Bertz CT molecular complexity index is 297. The van der Waals surface area contributed by atoms with Crippen LogP contribution in [0.4, 0.5) is 0 Å². The molecule has 0 aromatic carbocycles.